The Bertz CT molecular complexity index is 5170. The molecule has 4 fully saturated rings. The summed E-state index contributed by atoms with van der Waals surface area (Å²) in [6, 6.07) is 56.5. The van der Waals surface area contributed by atoms with Gasteiger partial charge >= 0.3 is 13.1 Å². The van der Waals surface area contributed by atoms with Crippen LogP contribution in [-0.4, -0.2) is 125 Å². The molecule has 119 heavy (non-hydrogen) atoms. The number of carbonyl (C=O) groups is 1. The molecule has 0 aliphatic carbocycles. The highest BCUT2D eigenvalue weighted by Crippen LogP contribution is 2.41. The molecular formula is C97H119BBr2ClN7O11. The molecule has 4 saturated heterocycles. The number of aryl methyl sites for hydroxylation is 13. The van der Waals surface area contributed by atoms with Crippen molar-refractivity contribution in [3.8, 4) is 56.8 Å². The van der Waals surface area contributed by atoms with Crippen molar-refractivity contribution in [1.29, 1.82) is 0 Å². The highest BCUT2D eigenvalue weighted by atomic mass is 79.9. The van der Waals surface area contributed by atoms with Gasteiger partial charge < -0.3 is 71.2 Å². The lowest BCUT2D eigenvalue weighted by Crippen LogP contribution is -2.43. The van der Waals surface area contributed by atoms with Crippen LogP contribution in [0.1, 0.15) is 165 Å². The zero-order chi connectivity index (χ0) is 85.5. The topological polar surface area (TPSA) is 181 Å². The summed E-state index contributed by atoms with van der Waals surface area (Å²) >= 11 is 13.3. The molecule has 15 rings (SSSR count). The Hall–Kier alpha value is -8.58. The van der Waals surface area contributed by atoms with Gasteiger partial charge in [-0.2, -0.15) is 0 Å². The fourth-order valence-corrected chi connectivity index (χ4v) is 16.3. The summed E-state index contributed by atoms with van der Waals surface area (Å²) in [5.41, 5.74) is 30.9. The normalized spacial score (nSPS) is 16.5. The van der Waals surface area contributed by atoms with Crippen LogP contribution in [0.15, 0.2) is 173 Å². The van der Waals surface area contributed by atoms with E-state index in [1.54, 1.807) is 0 Å². The zero-order valence-electron chi connectivity index (χ0n) is 72.7. The van der Waals surface area contributed by atoms with Crippen molar-refractivity contribution in [3.63, 3.8) is 0 Å². The lowest BCUT2D eigenvalue weighted by Gasteiger charge is -2.34. The van der Waals surface area contributed by atoms with Gasteiger partial charge in [0.2, 0.25) is 11.8 Å². The summed E-state index contributed by atoms with van der Waals surface area (Å²) < 4.78 is 69.8. The molecule has 0 radical (unpaired) electrons. The van der Waals surface area contributed by atoms with Gasteiger partial charge in [-0.1, -0.05) is 79.4 Å². The van der Waals surface area contributed by atoms with Crippen molar-refractivity contribution in [3.05, 3.63) is 257 Å². The molecule has 4 aliphatic rings. The molecule has 10 heterocycles. The second-order valence-electron chi connectivity index (χ2n) is 32.4. The monoisotopic (exact) mass is 1760 g/mol. The first-order valence-corrected chi connectivity index (χ1v) is 43.5. The first-order valence-electron chi connectivity index (χ1n) is 41.6. The molecule has 6 aromatic heterocycles. The maximum Gasteiger partial charge on any atom is 0.495 e. The van der Waals surface area contributed by atoms with Crippen LogP contribution in [0, 0.1) is 90.0 Å². The van der Waals surface area contributed by atoms with Gasteiger partial charge in [0.05, 0.1) is 36.7 Å². The lowest BCUT2D eigenvalue weighted by atomic mass is 9.76. The van der Waals surface area contributed by atoms with Crippen LogP contribution >= 0.6 is 43.5 Å². The van der Waals surface area contributed by atoms with Gasteiger partial charge in [0.1, 0.15) is 23.8 Å². The number of aromatic nitrogens is 6. The minimum atomic E-state index is -0.895. The summed E-state index contributed by atoms with van der Waals surface area (Å²) in [7, 11) is -0.323. The van der Waals surface area contributed by atoms with E-state index >= 15 is 0 Å². The first-order chi connectivity index (χ1) is 56.8. The largest absolute Gasteiger partial charge is 0.495 e. The zero-order valence-corrected chi connectivity index (χ0v) is 76.7. The Morgan fingerprint density at radius 3 is 1.28 bits per heavy atom. The molecule has 2 atom stereocenters. The number of benzene rings is 5. The van der Waals surface area contributed by atoms with Gasteiger partial charge in [0.15, 0.2) is 12.6 Å². The molecule has 11 aromatic rings. The van der Waals surface area contributed by atoms with Crippen LogP contribution in [0.25, 0.3) is 45.0 Å². The maximum atomic E-state index is 13.5. The van der Waals surface area contributed by atoms with E-state index in [1.807, 2.05) is 56.3 Å². The van der Waals surface area contributed by atoms with Gasteiger partial charge in [0.25, 0.3) is 0 Å². The standard InChI is InChI=1S/C33H42N2O6.C25H29ClN2O3.C19H26BNO2.C13H14BrN.C7H8BrN/c1-5-38-32(36)33(13-16-37-17-14-33)29-20-26(21-30(34-29)39-18-19-41-31-8-6-7-15-40-31)28-22-27(12-9-23(28)2)35-24(3)10-11-25(35)4;1-17-7-10-21(28-18(2)8-9-19(28)3)16-22(17)20-14-23(26)27-24(15-20)29-12-13-31-25-6-4-5-11-30-25;1-13-8-11-16(21-14(2)9-10-15(21)3)12-17(13)20-22-18(4,5)19(6,7)23-20;1-9-4-7-12(8-13(9)14)15-10(2)5-6-11(15)3;1-5-2-3-6(9)4-7(5)8/h9-12,20-22,31H,5-8,13-19H2,1-4H3;7-10,14-16,25H,4-6,11-13H2,1-3H3;8-12H,1-7H3;4-8H,1-3H3;2-4H,9H2,1H3. The van der Waals surface area contributed by atoms with Crippen molar-refractivity contribution >= 4 is 67.7 Å². The molecular weight excluding hydrogens is 1650 g/mol. The second kappa shape index (κ2) is 41.3. The molecule has 4 aliphatic heterocycles. The highest BCUT2D eigenvalue weighted by Gasteiger charge is 2.52. The molecule has 5 aromatic carbocycles. The highest BCUT2D eigenvalue weighted by molar-refractivity contribution is 9.10. The molecule has 0 bridgehead atoms. The van der Waals surface area contributed by atoms with Gasteiger partial charge in [0, 0.05) is 121 Å². The Balaban J connectivity index is 0.000000157. The second-order valence-corrected chi connectivity index (χ2v) is 34.5. The summed E-state index contributed by atoms with van der Waals surface area (Å²) in [4.78, 5) is 22.7. The number of halogens is 3. The van der Waals surface area contributed by atoms with Crippen molar-refractivity contribution in [1.82, 2.24) is 28.2 Å². The van der Waals surface area contributed by atoms with Crippen LogP contribution in [0.2, 0.25) is 5.15 Å². The summed E-state index contributed by atoms with van der Waals surface area (Å²) in [6.07, 6.45) is 6.99. The number of ether oxygens (including phenoxy) is 8. The molecule has 18 nitrogen and oxygen atoms in total. The number of nitrogens with two attached hydrogens (primary N) is 1. The predicted octanol–water partition coefficient (Wildman–Crippen LogP) is 22.2. The third-order valence-electron chi connectivity index (χ3n) is 22.9. The molecule has 0 saturated carbocycles. The van der Waals surface area contributed by atoms with Crippen LogP contribution in [0.3, 0.4) is 0 Å². The number of carbonyl (C=O) groups excluding carboxylic acids is 1. The first kappa shape index (κ1) is 91.2. The van der Waals surface area contributed by atoms with Crippen molar-refractivity contribution < 1.29 is 52.0 Å². The smallest absolute Gasteiger partial charge is 0.475 e. The van der Waals surface area contributed by atoms with Crippen molar-refractivity contribution in [2.75, 3.05) is 65.2 Å². The number of nitrogen functional groups attached to an aromatic ring is 1. The molecule has 2 unspecified atom stereocenters. The average molecular weight is 1770 g/mol. The number of rotatable bonds is 20. The fraction of sp³-hybridized carbons (Fsp3) is 0.412. The van der Waals surface area contributed by atoms with E-state index in [9.17, 15) is 4.79 Å². The van der Waals surface area contributed by atoms with Crippen molar-refractivity contribution in [2.24, 2.45) is 0 Å². The van der Waals surface area contributed by atoms with E-state index in [4.69, 9.17) is 69.5 Å². The Kier molecular flexibility index (Phi) is 31.7. The van der Waals surface area contributed by atoms with E-state index in [-0.39, 0.29) is 36.9 Å². The summed E-state index contributed by atoms with van der Waals surface area (Å²) in [6.45, 7) is 41.9. The quantitative estimate of drug-likeness (QED) is 0.0250. The van der Waals surface area contributed by atoms with Crippen LogP contribution in [-0.2, 0) is 47.9 Å². The maximum absolute atomic E-state index is 13.5. The average Bonchev–Trinajstić information content (AvgIpc) is 1.68. The Morgan fingerprint density at radius 2 is 0.866 bits per heavy atom. The summed E-state index contributed by atoms with van der Waals surface area (Å²) in [5.74, 6) is 0.688. The molecule has 632 valence electrons. The van der Waals surface area contributed by atoms with Crippen LogP contribution in [0.5, 0.6) is 11.8 Å². The molecule has 0 amide bonds. The SMILES string of the molecule is CCOC(=O)C1(c2cc(-c3cc(-n4c(C)ccc4C)ccc3C)cc(OCCOC3CCCCO3)n2)CCOCC1.Cc1ccc(-n2c(C)ccc2C)cc1-c1cc(Cl)nc(OCCOC2CCCCO2)c1.Cc1ccc(-n2c(C)ccc2C)cc1B1OC(C)(C)C(C)(C)O1.Cc1ccc(-n2c(C)ccc2C)cc1Br.Cc1ccc(N)cc1Br. The van der Waals surface area contributed by atoms with Gasteiger partial charge in [-0.25, -0.2) is 9.97 Å². The van der Waals surface area contributed by atoms with Crippen molar-refractivity contribution in [2.45, 2.75) is 205 Å². The van der Waals surface area contributed by atoms with E-state index in [1.165, 1.54) is 67.9 Å². The number of hydrogen-bond acceptors (Lipinski definition) is 14. The minimum absolute atomic E-state index is 0.119. The Labute approximate surface area is 727 Å². The Morgan fingerprint density at radius 1 is 0.471 bits per heavy atom. The van der Waals surface area contributed by atoms with Gasteiger partial charge in [-0.15, -0.1) is 0 Å². The number of pyridine rings is 2. The number of esters is 1. The van der Waals surface area contributed by atoms with Crippen LogP contribution < -0.4 is 20.7 Å². The van der Waals surface area contributed by atoms with E-state index in [0.29, 0.717) is 81.7 Å². The molecule has 2 N–H and O–H groups in total. The van der Waals surface area contributed by atoms with E-state index in [0.717, 1.165) is 122 Å². The summed E-state index contributed by atoms with van der Waals surface area (Å²) in [5, 5.41) is 0.405. The minimum Gasteiger partial charge on any atom is -0.475 e. The number of anilines is 1. The third-order valence-corrected chi connectivity index (χ3v) is 24.8. The van der Waals surface area contributed by atoms with Crippen LogP contribution in [0.4, 0.5) is 5.69 Å². The molecule has 22 heteroatoms. The fourth-order valence-electron chi connectivity index (χ4n) is 15.3. The predicted molar refractivity (Wildman–Crippen MR) is 487 cm³/mol. The number of nitrogens with zero attached hydrogens (tertiary/aromatic N) is 6. The number of hydrogen-bond donors (Lipinski definition) is 1. The lowest BCUT2D eigenvalue weighted by molar-refractivity contribution is -0.165. The van der Waals surface area contributed by atoms with E-state index in [2.05, 4.69) is 287 Å². The van der Waals surface area contributed by atoms with Gasteiger partial charge in [-0.3, -0.25) is 4.79 Å². The van der Waals surface area contributed by atoms with E-state index < -0.39 is 5.41 Å². The third kappa shape index (κ3) is 23.0. The van der Waals surface area contributed by atoms with Gasteiger partial charge in [-0.05, 0) is 347 Å². The molecule has 0 spiro atoms.